The van der Waals surface area contributed by atoms with Gasteiger partial charge >= 0.3 is 58.4 Å². The van der Waals surface area contributed by atoms with E-state index >= 15 is 0 Å². The van der Waals surface area contributed by atoms with Crippen molar-refractivity contribution in [2.45, 2.75) is 30.0 Å². The van der Waals surface area contributed by atoms with Crippen LogP contribution in [0.3, 0.4) is 0 Å². The van der Waals surface area contributed by atoms with Gasteiger partial charge in [0.2, 0.25) is 0 Å². The zero-order chi connectivity index (χ0) is 13.2. The molecule has 0 spiro atoms. The molecule has 1 aromatic rings. The van der Waals surface area contributed by atoms with Gasteiger partial charge in [0.1, 0.15) is 0 Å². The summed E-state index contributed by atoms with van der Waals surface area (Å²) in [6.07, 6.45) is 0.0665. The maximum atomic E-state index is 12.8. The number of hydrogen-bond donors (Lipinski definition) is 0. The molecule has 3 saturated carbocycles. The molecule has 0 aliphatic heterocycles. The fourth-order valence-corrected chi connectivity index (χ4v) is 3.58. The molecule has 0 atom stereocenters. The molecule has 19 heavy (non-hydrogen) atoms. The standard InChI is InChI=1S/C11H10BF3NO2.K/c13-12(14,15)11-5-10(6-11,7-11)8-3-1-2-4-9(8)16(17)18;/h1-4H,5-7H2;/q-1;+1. The van der Waals surface area contributed by atoms with Gasteiger partial charge in [-0.1, -0.05) is 42.8 Å². The zero-order valence-electron chi connectivity index (χ0n) is 10.4. The van der Waals surface area contributed by atoms with Gasteiger partial charge in [-0.15, -0.1) is 0 Å². The van der Waals surface area contributed by atoms with Crippen molar-refractivity contribution in [2.75, 3.05) is 0 Å². The first-order chi connectivity index (χ1) is 8.30. The second-order valence-electron chi connectivity index (χ2n) is 5.52. The van der Waals surface area contributed by atoms with Crippen LogP contribution in [0, 0.1) is 10.1 Å². The Balaban J connectivity index is 0.00000133. The van der Waals surface area contributed by atoms with E-state index in [1.807, 2.05) is 0 Å². The monoisotopic (exact) mass is 295 g/mol. The number of halogens is 3. The molecule has 0 aromatic heterocycles. The molecule has 0 heterocycles. The van der Waals surface area contributed by atoms with E-state index in [9.17, 15) is 23.1 Å². The molecular formula is C11H10BF3KNO2. The van der Waals surface area contributed by atoms with Crippen molar-refractivity contribution in [1.29, 1.82) is 0 Å². The van der Waals surface area contributed by atoms with Crippen LogP contribution < -0.4 is 51.4 Å². The molecule has 0 radical (unpaired) electrons. The van der Waals surface area contributed by atoms with Crippen molar-refractivity contribution in [3.63, 3.8) is 0 Å². The Morgan fingerprint density at radius 2 is 1.68 bits per heavy atom. The van der Waals surface area contributed by atoms with E-state index in [0.29, 0.717) is 5.56 Å². The molecule has 4 rings (SSSR count). The normalized spacial score (nSPS) is 31.7. The summed E-state index contributed by atoms with van der Waals surface area (Å²) in [5, 5.41) is 9.38. The SMILES string of the molecule is O=[N+]([O-])c1ccccc1C12CC([B-](F)(F)F)(C1)C2.[K+]. The van der Waals surface area contributed by atoms with Crippen molar-refractivity contribution in [3.05, 3.63) is 39.9 Å². The van der Waals surface area contributed by atoms with Gasteiger partial charge in [0.25, 0.3) is 5.69 Å². The number of para-hydroxylation sites is 1. The second-order valence-corrected chi connectivity index (χ2v) is 5.52. The van der Waals surface area contributed by atoms with E-state index in [2.05, 4.69) is 0 Å². The molecular weight excluding hydrogens is 285 g/mol. The fraction of sp³-hybridized carbons (Fsp3) is 0.455. The molecule has 0 unspecified atom stereocenters. The average Bonchev–Trinajstić information content (AvgIpc) is 2.11. The van der Waals surface area contributed by atoms with Crippen LogP contribution in [0.15, 0.2) is 24.3 Å². The molecule has 0 N–H and O–H groups in total. The van der Waals surface area contributed by atoms with Gasteiger partial charge in [-0.25, -0.2) is 0 Å². The first kappa shape index (κ1) is 15.5. The molecule has 3 aliphatic rings. The zero-order valence-corrected chi connectivity index (χ0v) is 13.5. The third-order valence-electron chi connectivity index (χ3n) is 4.44. The Kier molecular flexibility index (Phi) is 3.72. The van der Waals surface area contributed by atoms with Crippen molar-refractivity contribution in [1.82, 2.24) is 0 Å². The van der Waals surface area contributed by atoms with Crippen LogP contribution in [0.5, 0.6) is 0 Å². The average molecular weight is 295 g/mol. The van der Waals surface area contributed by atoms with Crippen LogP contribution in [-0.4, -0.2) is 11.9 Å². The van der Waals surface area contributed by atoms with E-state index < -0.39 is 22.6 Å². The Labute approximate surface area is 150 Å². The van der Waals surface area contributed by atoms with Gasteiger partial charge in [-0.2, -0.15) is 0 Å². The molecule has 2 bridgehead atoms. The van der Waals surface area contributed by atoms with Crippen LogP contribution in [0.25, 0.3) is 0 Å². The van der Waals surface area contributed by atoms with Gasteiger partial charge in [0.15, 0.2) is 0 Å². The van der Waals surface area contributed by atoms with Crippen LogP contribution in [0.2, 0.25) is 5.31 Å². The minimum Gasteiger partial charge on any atom is -0.449 e. The number of nitrogens with zero attached hydrogens (tertiary/aromatic N) is 1. The van der Waals surface area contributed by atoms with E-state index in [1.165, 1.54) is 12.1 Å². The number of rotatable bonds is 3. The summed E-state index contributed by atoms with van der Waals surface area (Å²) in [5.41, 5.74) is -0.182. The van der Waals surface area contributed by atoms with Crippen LogP contribution >= 0.6 is 0 Å². The first-order valence-corrected chi connectivity index (χ1v) is 5.73. The Hall–Kier alpha value is 0.111. The van der Waals surface area contributed by atoms with Gasteiger partial charge in [0.05, 0.1) is 4.92 Å². The van der Waals surface area contributed by atoms with E-state index in [4.69, 9.17) is 0 Å². The third-order valence-corrected chi connectivity index (χ3v) is 4.44. The number of nitro benzene ring substituents is 1. The summed E-state index contributed by atoms with van der Waals surface area (Å²) < 4.78 is 38.4. The minimum atomic E-state index is -4.83. The van der Waals surface area contributed by atoms with Crippen LogP contribution in [-0.2, 0) is 5.41 Å². The van der Waals surface area contributed by atoms with E-state index in [0.717, 1.165) is 0 Å². The maximum Gasteiger partial charge on any atom is 1.00 e. The molecule has 3 fully saturated rings. The summed E-state index contributed by atoms with van der Waals surface area (Å²) in [6, 6.07) is 6.14. The fourth-order valence-electron chi connectivity index (χ4n) is 3.58. The molecule has 1 aromatic carbocycles. The second kappa shape index (κ2) is 4.56. The van der Waals surface area contributed by atoms with Crippen molar-refractivity contribution < 1.29 is 69.3 Å². The molecule has 0 saturated heterocycles. The molecule has 96 valence electrons. The van der Waals surface area contributed by atoms with Crippen molar-refractivity contribution in [3.8, 4) is 0 Å². The van der Waals surface area contributed by atoms with Crippen LogP contribution in [0.1, 0.15) is 24.8 Å². The Morgan fingerprint density at radius 1 is 1.16 bits per heavy atom. The van der Waals surface area contributed by atoms with Crippen molar-refractivity contribution in [2.24, 2.45) is 0 Å². The van der Waals surface area contributed by atoms with Gasteiger partial charge in [-0.3, -0.25) is 10.1 Å². The van der Waals surface area contributed by atoms with Gasteiger partial charge < -0.3 is 12.9 Å². The minimum absolute atomic E-state index is 0. The predicted molar refractivity (Wildman–Crippen MR) is 60.4 cm³/mol. The predicted octanol–water partition coefficient (Wildman–Crippen LogP) is 0.622. The summed E-state index contributed by atoms with van der Waals surface area (Å²) in [6.45, 7) is -4.83. The van der Waals surface area contributed by atoms with E-state index in [-0.39, 0.29) is 76.3 Å². The smallest absolute Gasteiger partial charge is 0.449 e. The van der Waals surface area contributed by atoms with E-state index in [1.54, 1.807) is 12.1 Å². The summed E-state index contributed by atoms with van der Waals surface area (Å²) >= 11 is 0. The first-order valence-electron chi connectivity index (χ1n) is 5.73. The molecule has 3 aliphatic carbocycles. The summed E-state index contributed by atoms with van der Waals surface area (Å²) in [5.74, 6) is 0. The van der Waals surface area contributed by atoms with Gasteiger partial charge in [0, 0.05) is 11.6 Å². The topological polar surface area (TPSA) is 43.1 Å². The summed E-state index contributed by atoms with van der Waals surface area (Å²) in [4.78, 5) is 10.4. The van der Waals surface area contributed by atoms with Crippen molar-refractivity contribution >= 4 is 12.7 Å². The van der Waals surface area contributed by atoms with Crippen LogP contribution in [0.4, 0.5) is 18.6 Å². The maximum absolute atomic E-state index is 12.8. The molecule has 8 heteroatoms. The summed E-state index contributed by atoms with van der Waals surface area (Å²) in [7, 11) is 0. The third kappa shape index (κ3) is 2.03. The molecule has 0 amide bonds. The van der Waals surface area contributed by atoms with Gasteiger partial charge in [-0.05, 0) is 5.41 Å². The quantitative estimate of drug-likeness (QED) is 0.466. The number of hydrogen-bond acceptors (Lipinski definition) is 2. The Bertz CT molecular complexity index is 529. The largest absolute Gasteiger partial charge is 1.00 e. The number of nitro groups is 1. The molecule has 3 nitrogen and oxygen atoms in total. The number of benzene rings is 1. The Morgan fingerprint density at radius 3 is 2.16 bits per heavy atom.